The van der Waals surface area contributed by atoms with E-state index in [1.54, 1.807) is 24.3 Å². The van der Waals surface area contributed by atoms with E-state index in [0.717, 1.165) is 11.3 Å². The van der Waals surface area contributed by atoms with E-state index >= 15 is 0 Å². The lowest BCUT2D eigenvalue weighted by Gasteiger charge is -2.17. The number of hydrogen-bond donors (Lipinski definition) is 1. The minimum absolute atomic E-state index is 0.349. The second-order valence-electron chi connectivity index (χ2n) is 6.77. The Hall–Kier alpha value is -3.80. The van der Waals surface area contributed by atoms with Crippen LogP contribution < -0.4 is 14.8 Å². The Morgan fingerprint density at radius 1 is 0.774 bits per heavy atom. The maximum atomic E-state index is 12.6. The van der Waals surface area contributed by atoms with E-state index in [1.807, 2.05) is 60.7 Å². The fourth-order valence-corrected chi connectivity index (χ4v) is 2.97. The van der Waals surface area contributed by atoms with Gasteiger partial charge in [0.2, 0.25) is 0 Å². The first-order valence-electron chi connectivity index (χ1n) is 9.99. The molecule has 0 aliphatic rings. The monoisotopic (exact) mass is 419 g/mol. The summed E-state index contributed by atoms with van der Waals surface area (Å²) >= 11 is 0. The van der Waals surface area contributed by atoms with Crippen molar-refractivity contribution in [2.24, 2.45) is 0 Å². The van der Waals surface area contributed by atoms with Gasteiger partial charge in [-0.15, -0.1) is 0 Å². The third-order valence-corrected chi connectivity index (χ3v) is 4.55. The maximum absolute atomic E-state index is 12.6. The summed E-state index contributed by atoms with van der Waals surface area (Å²) in [4.78, 5) is 24.7. The number of hydrogen-bond acceptors (Lipinski definition) is 5. The molecule has 3 aromatic rings. The summed E-state index contributed by atoms with van der Waals surface area (Å²) in [7, 11) is 1.31. The normalized spacial score (nSPS) is 11.3. The summed E-state index contributed by atoms with van der Waals surface area (Å²) in [5.74, 6) is 0.566. The lowest BCUT2D eigenvalue weighted by molar-refractivity contribution is -0.142. The molecule has 0 aromatic heterocycles. The molecule has 0 aliphatic heterocycles. The third-order valence-electron chi connectivity index (χ3n) is 4.55. The number of carbonyl (C=O) groups excluding carboxylic acids is 2. The third kappa shape index (κ3) is 6.89. The Morgan fingerprint density at radius 3 is 1.90 bits per heavy atom. The average molecular weight is 419 g/mol. The van der Waals surface area contributed by atoms with Crippen LogP contribution in [0.15, 0.2) is 84.9 Å². The van der Waals surface area contributed by atoms with Crippen molar-refractivity contribution in [1.82, 2.24) is 5.32 Å². The highest BCUT2D eigenvalue weighted by Gasteiger charge is 2.22. The highest BCUT2D eigenvalue weighted by Crippen LogP contribution is 2.14. The number of esters is 1. The highest BCUT2D eigenvalue weighted by atomic mass is 16.5. The van der Waals surface area contributed by atoms with Crippen LogP contribution in [0.5, 0.6) is 11.5 Å². The van der Waals surface area contributed by atoms with Gasteiger partial charge in [-0.05, 0) is 42.0 Å². The average Bonchev–Trinajstić information content (AvgIpc) is 2.82. The summed E-state index contributed by atoms with van der Waals surface area (Å²) in [6, 6.07) is 24.9. The van der Waals surface area contributed by atoms with Crippen molar-refractivity contribution >= 4 is 11.9 Å². The van der Waals surface area contributed by atoms with Crippen molar-refractivity contribution in [2.75, 3.05) is 20.3 Å². The SMILES string of the molecule is COC(=O)C(Cc1ccccc1)NC(=O)c1ccc(OCCOc2ccccc2)cc1. The molecule has 0 heterocycles. The van der Waals surface area contributed by atoms with Gasteiger partial charge in [0.05, 0.1) is 7.11 Å². The van der Waals surface area contributed by atoms with Crippen molar-refractivity contribution in [3.63, 3.8) is 0 Å². The molecular formula is C25H25NO5. The molecule has 3 aromatic carbocycles. The van der Waals surface area contributed by atoms with Crippen LogP contribution in [0, 0.1) is 0 Å². The Bertz CT molecular complexity index is 958. The molecule has 1 unspecified atom stereocenters. The van der Waals surface area contributed by atoms with Gasteiger partial charge in [0.1, 0.15) is 30.8 Å². The van der Waals surface area contributed by atoms with Crippen LogP contribution in [-0.4, -0.2) is 38.2 Å². The van der Waals surface area contributed by atoms with Crippen molar-refractivity contribution < 1.29 is 23.8 Å². The summed E-state index contributed by atoms with van der Waals surface area (Å²) < 4.78 is 16.1. The predicted molar refractivity (Wildman–Crippen MR) is 117 cm³/mol. The smallest absolute Gasteiger partial charge is 0.328 e. The van der Waals surface area contributed by atoms with Crippen molar-refractivity contribution in [3.8, 4) is 11.5 Å². The highest BCUT2D eigenvalue weighted by molar-refractivity contribution is 5.96. The lowest BCUT2D eigenvalue weighted by atomic mass is 10.1. The second-order valence-corrected chi connectivity index (χ2v) is 6.77. The fraction of sp³-hybridized carbons (Fsp3) is 0.200. The first-order valence-corrected chi connectivity index (χ1v) is 9.99. The summed E-state index contributed by atoms with van der Waals surface area (Å²) in [6.07, 6.45) is 0.349. The van der Waals surface area contributed by atoms with Gasteiger partial charge in [0.25, 0.3) is 5.91 Å². The van der Waals surface area contributed by atoms with Gasteiger partial charge in [-0.2, -0.15) is 0 Å². The number of para-hydroxylation sites is 1. The topological polar surface area (TPSA) is 73.9 Å². The molecular weight excluding hydrogens is 394 g/mol. The van der Waals surface area contributed by atoms with E-state index in [2.05, 4.69) is 5.32 Å². The minimum atomic E-state index is -0.772. The quantitative estimate of drug-likeness (QED) is 0.401. The van der Waals surface area contributed by atoms with Crippen LogP contribution in [-0.2, 0) is 16.0 Å². The molecule has 0 spiro atoms. The van der Waals surface area contributed by atoms with Gasteiger partial charge < -0.3 is 19.5 Å². The van der Waals surface area contributed by atoms with Crippen molar-refractivity contribution in [2.45, 2.75) is 12.5 Å². The number of carbonyl (C=O) groups is 2. The Labute approximate surface area is 181 Å². The minimum Gasteiger partial charge on any atom is -0.490 e. The van der Waals surface area contributed by atoms with Crippen LogP contribution in [0.4, 0.5) is 0 Å². The van der Waals surface area contributed by atoms with Crippen molar-refractivity contribution in [3.05, 3.63) is 96.1 Å². The lowest BCUT2D eigenvalue weighted by Crippen LogP contribution is -2.43. The van der Waals surface area contributed by atoms with Crippen LogP contribution in [0.3, 0.4) is 0 Å². The van der Waals surface area contributed by atoms with E-state index in [1.165, 1.54) is 7.11 Å². The van der Waals surface area contributed by atoms with E-state index in [4.69, 9.17) is 14.2 Å². The molecule has 0 radical (unpaired) electrons. The zero-order valence-electron chi connectivity index (χ0n) is 17.3. The molecule has 1 amide bonds. The van der Waals surface area contributed by atoms with Gasteiger partial charge in [-0.3, -0.25) is 4.79 Å². The summed E-state index contributed by atoms with van der Waals surface area (Å²) in [5, 5.41) is 2.75. The molecule has 1 N–H and O–H groups in total. The zero-order chi connectivity index (χ0) is 21.9. The predicted octanol–water partition coefficient (Wildman–Crippen LogP) is 3.66. The van der Waals surface area contributed by atoms with Crippen LogP contribution >= 0.6 is 0 Å². The maximum Gasteiger partial charge on any atom is 0.328 e. The van der Waals surface area contributed by atoms with Gasteiger partial charge in [-0.1, -0.05) is 48.5 Å². The van der Waals surface area contributed by atoms with Crippen molar-refractivity contribution in [1.29, 1.82) is 0 Å². The molecule has 6 heteroatoms. The van der Waals surface area contributed by atoms with Gasteiger partial charge >= 0.3 is 5.97 Å². The molecule has 0 bridgehead atoms. The number of rotatable bonds is 10. The van der Waals surface area contributed by atoms with E-state index in [9.17, 15) is 9.59 Å². The first kappa shape index (κ1) is 21.9. The van der Waals surface area contributed by atoms with Gasteiger partial charge in [0, 0.05) is 12.0 Å². The number of amides is 1. The number of benzene rings is 3. The molecule has 3 rings (SSSR count). The van der Waals surface area contributed by atoms with E-state index < -0.39 is 12.0 Å². The zero-order valence-corrected chi connectivity index (χ0v) is 17.3. The second kappa shape index (κ2) is 11.4. The number of ether oxygens (including phenoxy) is 3. The molecule has 0 saturated carbocycles. The molecule has 1 atom stereocenters. The molecule has 0 saturated heterocycles. The Morgan fingerprint density at radius 2 is 1.32 bits per heavy atom. The van der Waals surface area contributed by atoms with E-state index in [0.29, 0.717) is 30.9 Å². The first-order chi connectivity index (χ1) is 15.2. The Balaban J connectivity index is 1.51. The largest absolute Gasteiger partial charge is 0.490 e. The fourth-order valence-electron chi connectivity index (χ4n) is 2.97. The molecule has 0 aliphatic carbocycles. The van der Waals surface area contributed by atoms with Gasteiger partial charge in [-0.25, -0.2) is 4.79 Å². The number of methoxy groups -OCH3 is 1. The molecule has 31 heavy (non-hydrogen) atoms. The van der Waals surface area contributed by atoms with E-state index in [-0.39, 0.29) is 5.91 Å². The van der Waals surface area contributed by atoms with Crippen LogP contribution in [0.1, 0.15) is 15.9 Å². The summed E-state index contributed by atoms with van der Waals surface area (Å²) in [6.45, 7) is 0.786. The number of nitrogens with one attached hydrogen (secondary N) is 1. The molecule has 160 valence electrons. The standard InChI is InChI=1S/C25H25NO5/c1-29-25(28)23(18-19-8-4-2-5-9-19)26-24(27)20-12-14-22(15-13-20)31-17-16-30-21-10-6-3-7-11-21/h2-15,23H,16-18H2,1H3,(H,26,27). The Kier molecular flexibility index (Phi) is 8.05. The van der Waals surface area contributed by atoms with Gasteiger partial charge in [0.15, 0.2) is 0 Å². The molecule has 6 nitrogen and oxygen atoms in total. The molecule has 0 fully saturated rings. The van der Waals surface area contributed by atoms with Crippen LogP contribution in [0.25, 0.3) is 0 Å². The van der Waals surface area contributed by atoms with Crippen LogP contribution in [0.2, 0.25) is 0 Å². The summed E-state index contributed by atoms with van der Waals surface area (Å²) in [5.41, 5.74) is 1.36.